The smallest absolute Gasteiger partial charge is 0.300 e. The summed E-state index contributed by atoms with van der Waals surface area (Å²) >= 11 is 6.15. The Labute approximate surface area is 187 Å². The molecule has 1 aliphatic rings. The molecule has 1 aliphatic heterocycles. The molecule has 4 rings (SSSR count). The lowest BCUT2D eigenvalue weighted by molar-refractivity contribution is -0.132. The Balaban J connectivity index is 1.94. The summed E-state index contributed by atoms with van der Waals surface area (Å²) in [5.74, 6) is -3.15. The molecule has 0 aromatic heterocycles. The number of amides is 1. The highest BCUT2D eigenvalue weighted by Gasteiger charge is 2.47. The van der Waals surface area contributed by atoms with Crippen molar-refractivity contribution >= 4 is 34.7 Å². The first kappa shape index (κ1) is 21.5. The van der Waals surface area contributed by atoms with Gasteiger partial charge in [0.25, 0.3) is 11.7 Å². The first-order valence-electron chi connectivity index (χ1n) is 9.47. The molecule has 1 fully saturated rings. The lowest BCUT2D eigenvalue weighted by Crippen LogP contribution is -2.29. The number of anilines is 1. The number of benzene rings is 3. The molecule has 0 radical (unpaired) electrons. The lowest BCUT2D eigenvalue weighted by atomic mass is 9.95. The largest absolute Gasteiger partial charge is 0.507 e. The highest BCUT2D eigenvalue weighted by atomic mass is 35.5. The molecule has 32 heavy (non-hydrogen) atoms. The number of ketones is 1. The van der Waals surface area contributed by atoms with Crippen LogP contribution in [-0.2, 0) is 9.59 Å². The fourth-order valence-electron chi connectivity index (χ4n) is 3.65. The Morgan fingerprint density at radius 3 is 2.34 bits per heavy atom. The number of Topliss-reactive ketones (excluding diaryl/α,β-unsaturated/α-hetero) is 1. The fraction of sp³-hybridized carbons (Fsp3) is 0.0833. The maximum absolute atomic E-state index is 13.9. The molecule has 1 saturated heterocycles. The van der Waals surface area contributed by atoms with E-state index in [9.17, 15) is 23.5 Å². The third kappa shape index (κ3) is 3.71. The van der Waals surface area contributed by atoms with Crippen molar-refractivity contribution in [3.8, 4) is 5.75 Å². The summed E-state index contributed by atoms with van der Waals surface area (Å²) in [6.07, 6.45) is 0. The van der Waals surface area contributed by atoms with Gasteiger partial charge in [-0.05, 0) is 54.1 Å². The van der Waals surface area contributed by atoms with Crippen LogP contribution in [0.3, 0.4) is 0 Å². The molecular formula is C24H16ClF2NO4. The quantitative estimate of drug-likeness (QED) is 0.331. The summed E-state index contributed by atoms with van der Waals surface area (Å²) in [4.78, 5) is 27.1. The van der Waals surface area contributed by atoms with Gasteiger partial charge < -0.3 is 9.84 Å². The Kier molecular flexibility index (Phi) is 5.67. The van der Waals surface area contributed by atoms with Gasteiger partial charge in [-0.3, -0.25) is 14.5 Å². The molecule has 5 nitrogen and oxygen atoms in total. The zero-order chi connectivity index (χ0) is 23.0. The molecule has 0 spiro atoms. The number of carbonyl (C=O) groups is 2. The summed E-state index contributed by atoms with van der Waals surface area (Å²) in [7, 11) is 1.43. The minimum atomic E-state index is -1.11. The van der Waals surface area contributed by atoms with E-state index in [1.807, 2.05) is 0 Å². The molecule has 1 amide bonds. The predicted octanol–water partition coefficient (Wildman–Crippen LogP) is 5.25. The average Bonchev–Trinajstić information content (AvgIpc) is 3.04. The van der Waals surface area contributed by atoms with E-state index in [1.54, 1.807) is 0 Å². The summed E-state index contributed by atoms with van der Waals surface area (Å²) in [5.41, 5.74) is 0.427. The number of methoxy groups -OCH3 is 1. The number of ether oxygens (including phenoxy) is 1. The number of halogens is 3. The normalized spacial score (nSPS) is 17.6. The Hall–Kier alpha value is -3.71. The van der Waals surface area contributed by atoms with Gasteiger partial charge in [-0.2, -0.15) is 0 Å². The molecule has 1 heterocycles. The van der Waals surface area contributed by atoms with Crippen LogP contribution < -0.4 is 9.64 Å². The molecule has 1 atom stereocenters. The van der Waals surface area contributed by atoms with Crippen molar-refractivity contribution in [3.63, 3.8) is 0 Å². The number of aliphatic hydroxyl groups excluding tert-OH is 1. The van der Waals surface area contributed by atoms with Crippen LogP contribution in [0.15, 0.2) is 72.3 Å². The third-order valence-corrected chi connectivity index (χ3v) is 5.44. The number of nitrogens with zero attached hydrogens (tertiary/aromatic N) is 1. The van der Waals surface area contributed by atoms with Gasteiger partial charge in [0.1, 0.15) is 23.1 Å². The second kappa shape index (κ2) is 8.43. The van der Waals surface area contributed by atoms with Crippen molar-refractivity contribution in [3.05, 3.63) is 100 Å². The number of hydrogen-bond acceptors (Lipinski definition) is 4. The molecule has 1 N–H and O–H groups in total. The molecule has 0 aliphatic carbocycles. The van der Waals surface area contributed by atoms with E-state index in [4.69, 9.17) is 16.3 Å². The highest BCUT2D eigenvalue weighted by molar-refractivity contribution is 6.51. The van der Waals surface area contributed by atoms with Crippen molar-refractivity contribution in [2.75, 3.05) is 12.0 Å². The molecule has 3 aromatic carbocycles. The van der Waals surface area contributed by atoms with E-state index in [-0.39, 0.29) is 21.8 Å². The topological polar surface area (TPSA) is 66.8 Å². The zero-order valence-electron chi connectivity index (χ0n) is 16.7. The van der Waals surface area contributed by atoms with Crippen molar-refractivity contribution in [1.29, 1.82) is 0 Å². The van der Waals surface area contributed by atoms with Crippen molar-refractivity contribution in [2.24, 2.45) is 0 Å². The molecule has 0 bridgehead atoms. The first-order chi connectivity index (χ1) is 15.3. The van der Waals surface area contributed by atoms with E-state index in [2.05, 4.69) is 0 Å². The standard InChI is InChI=1S/C24H16ClF2NO4/c1-32-19-10-7-14(11-18(19)25)22(29)20-21(13-5-8-15(26)9-6-13)28(24(31)23(20)30)17-4-2-3-16(27)12-17/h2-12,21,29H,1H3/b22-20+. The highest BCUT2D eigenvalue weighted by Crippen LogP contribution is 2.42. The number of rotatable bonds is 4. The molecule has 162 valence electrons. The van der Waals surface area contributed by atoms with Crippen molar-refractivity contribution in [1.82, 2.24) is 0 Å². The van der Waals surface area contributed by atoms with E-state index < -0.39 is 35.1 Å². The molecule has 0 saturated carbocycles. The van der Waals surface area contributed by atoms with Crippen LogP contribution in [0.25, 0.3) is 5.76 Å². The van der Waals surface area contributed by atoms with Gasteiger partial charge in [0, 0.05) is 11.3 Å². The SMILES string of the molecule is COc1ccc(/C(O)=C2\C(=O)C(=O)N(c3cccc(F)c3)C2c2ccc(F)cc2)cc1Cl. The van der Waals surface area contributed by atoms with E-state index in [0.29, 0.717) is 11.3 Å². The van der Waals surface area contributed by atoms with Crippen molar-refractivity contribution in [2.45, 2.75) is 6.04 Å². The summed E-state index contributed by atoms with van der Waals surface area (Å²) in [5, 5.41) is 11.2. The van der Waals surface area contributed by atoms with E-state index in [0.717, 1.165) is 11.0 Å². The van der Waals surface area contributed by atoms with Gasteiger partial charge in [0.2, 0.25) is 0 Å². The van der Waals surface area contributed by atoms with Gasteiger partial charge >= 0.3 is 0 Å². The van der Waals surface area contributed by atoms with Gasteiger partial charge in [0.05, 0.1) is 23.7 Å². The monoisotopic (exact) mass is 455 g/mol. The second-order valence-electron chi connectivity index (χ2n) is 7.05. The predicted molar refractivity (Wildman–Crippen MR) is 116 cm³/mol. The summed E-state index contributed by atoms with van der Waals surface area (Å²) < 4.78 is 32.6. The summed E-state index contributed by atoms with van der Waals surface area (Å²) in [6, 6.07) is 13.6. The molecule has 3 aromatic rings. The Morgan fingerprint density at radius 1 is 1.00 bits per heavy atom. The average molecular weight is 456 g/mol. The third-order valence-electron chi connectivity index (χ3n) is 5.14. The van der Waals surface area contributed by atoms with Crippen LogP contribution >= 0.6 is 11.6 Å². The fourth-order valence-corrected chi connectivity index (χ4v) is 3.91. The molecule has 8 heteroatoms. The van der Waals surface area contributed by atoms with E-state index in [1.165, 1.54) is 67.8 Å². The van der Waals surface area contributed by atoms with Crippen LogP contribution in [-0.4, -0.2) is 23.9 Å². The number of hydrogen-bond donors (Lipinski definition) is 1. The van der Waals surface area contributed by atoms with Gasteiger partial charge in [-0.1, -0.05) is 29.8 Å². The zero-order valence-corrected chi connectivity index (χ0v) is 17.4. The summed E-state index contributed by atoms with van der Waals surface area (Å²) in [6.45, 7) is 0. The van der Waals surface area contributed by atoms with Crippen molar-refractivity contribution < 1.29 is 28.2 Å². The first-order valence-corrected chi connectivity index (χ1v) is 9.85. The molecule has 1 unspecified atom stereocenters. The van der Waals surface area contributed by atoms with Crippen LogP contribution in [0, 0.1) is 11.6 Å². The minimum Gasteiger partial charge on any atom is -0.507 e. The second-order valence-corrected chi connectivity index (χ2v) is 7.46. The Morgan fingerprint density at radius 2 is 1.72 bits per heavy atom. The van der Waals surface area contributed by atoms with Gasteiger partial charge in [-0.25, -0.2) is 8.78 Å². The minimum absolute atomic E-state index is 0.119. The number of carbonyl (C=O) groups excluding carboxylic acids is 2. The maximum atomic E-state index is 13.9. The number of aliphatic hydroxyl groups is 1. The van der Waals surface area contributed by atoms with Crippen LogP contribution in [0.2, 0.25) is 5.02 Å². The van der Waals surface area contributed by atoms with Gasteiger partial charge in [-0.15, -0.1) is 0 Å². The Bertz CT molecular complexity index is 1260. The van der Waals surface area contributed by atoms with Crippen LogP contribution in [0.4, 0.5) is 14.5 Å². The van der Waals surface area contributed by atoms with E-state index >= 15 is 0 Å². The van der Waals surface area contributed by atoms with Gasteiger partial charge in [0.15, 0.2) is 0 Å². The van der Waals surface area contributed by atoms with Crippen LogP contribution in [0.1, 0.15) is 17.2 Å². The lowest BCUT2D eigenvalue weighted by Gasteiger charge is -2.25. The maximum Gasteiger partial charge on any atom is 0.300 e. The molecular weight excluding hydrogens is 440 g/mol. The van der Waals surface area contributed by atoms with Crippen LogP contribution in [0.5, 0.6) is 5.75 Å².